The lowest BCUT2D eigenvalue weighted by atomic mass is 9.96. The van der Waals surface area contributed by atoms with Gasteiger partial charge in [0.15, 0.2) is 5.78 Å². The molecule has 1 N–H and O–H groups in total. The highest BCUT2D eigenvalue weighted by Crippen LogP contribution is 2.33. The summed E-state index contributed by atoms with van der Waals surface area (Å²) in [5.41, 5.74) is 2.43. The minimum absolute atomic E-state index is 0.0854. The maximum Gasteiger partial charge on any atom is 0.252 e. The van der Waals surface area contributed by atoms with Crippen LogP contribution in [0.15, 0.2) is 47.4 Å². The van der Waals surface area contributed by atoms with Gasteiger partial charge in [-0.05, 0) is 55.6 Å². The van der Waals surface area contributed by atoms with Crippen LogP contribution in [0.1, 0.15) is 45.5 Å². The van der Waals surface area contributed by atoms with Gasteiger partial charge in [0.1, 0.15) is 5.82 Å². The Bertz CT molecular complexity index is 892. The summed E-state index contributed by atoms with van der Waals surface area (Å²) in [4.78, 5) is 28.0. The van der Waals surface area contributed by atoms with Crippen molar-refractivity contribution in [3.8, 4) is 0 Å². The molecule has 6 heteroatoms. The highest BCUT2D eigenvalue weighted by atomic mass is 32.2. The molecule has 2 aromatic rings. The number of benzene rings is 2. The van der Waals surface area contributed by atoms with E-state index in [0.717, 1.165) is 48.7 Å². The molecule has 0 radical (unpaired) electrons. The van der Waals surface area contributed by atoms with Gasteiger partial charge >= 0.3 is 0 Å². The van der Waals surface area contributed by atoms with E-state index in [1.165, 1.54) is 12.1 Å². The lowest BCUT2D eigenvalue weighted by Gasteiger charge is -2.32. The molecule has 1 amide bonds. The summed E-state index contributed by atoms with van der Waals surface area (Å²) in [6.07, 6.45) is 2.60. The molecule has 0 atom stereocenters. The van der Waals surface area contributed by atoms with Crippen molar-refractivity contribution in [3.05, 3.63) is 65.0 Å². The Morgan fingerprint density at radius 1 is 1.14 bits per heavy atom. The van der Waals surface area contributed by atoms with Crippen molar-refractivity contribution in [1.29, 1.82) is 0 Å². The number of nitrogens with one attached hydrogen (secondary N) is 1. The highest BCUT2D eigenvalue weighted by molar-refractivity contribution is 7.99. The number of ketones is 1. The number of rotatable bonds is 5. The topological polar surface area (TPSA) is 49.4 Å². The van der Waals surface area contributed by atoms with Gasteiger partial charge in [0.05, 0.1) is 5.56 Å². The van der Waals surface area contributed by atoms with E-state index in [1.54, 1.807) is 17.8 Å². The van der Waals surface area contributed by atoms with E-state index in [4.69, 9.17) is 0 Å². The molecule has 2 aromatic carbocycles. The second-order valence-corrected chi connectivity index (χ2v) is 8.87. The number of thioether (sulfide) groups is 1. The van der Waals surface area contributed by atoms with Crippen LogP contribution in [0.25, 0.3) is 0 Å². The molecule has 2 heterocycles. The molecule has 0 bridgehead atoms. The SMILES string of the molecule is O=C1CCSc2c1cccc2C(=O)NCC1CCN(Cc2ccc(F)cc2)CC1. The van der Waals surface area contributed by atoms with Gasteiger partial charge in [-0.2, -0.15) is 0 Å². The zero-order chi connectivity index (χ0) is 20.2. The van der Waals surface area contributed by atoms with Crippen molar-refractivity contribution in [2.45, 2.75) is 30.7 Å². The largest absolute Gasteiger partial charge is 0.352 e. The second kappa shape index (κ2) is 9.09. The summed E-state index contributed by atoms with van der Waals surface area (Å²) < 4.78 is 13.0. The number of nitrogens with zero attached hydrogens (tertiary/aromatic N) is 1. The molecule has 0 unspecified atom stereocenters. The van der Waals surface area contributed by atoms with Gasteiger partial charge in [0, 0.05) is 35.7 Å². The molecule has 4 nitrogen and oxygen atoms in total. The van der Waals surface area contributed by atoms with E-state index in [1.807, 2.05) is 24.3 Å². The molecule has 29 heavy (non-hydrogen) atoms. The molecule has 0 aliphatic carbocycles. The minimum atomic E-state index is -0.203. The summed E-state index contributed by atoms with van der Waals surface area (Å²) in [5, 5.41) is 3.08. The lowest BCUT2D eigenvalue weighted by molar-refractivity contribution is 0.0932. The quantitative estimate of drug-likeness (QED) is 0.802. The van der Waals surface area contributed by atoms with Crippen LogP contribution in [-0.2, 0) is 6.54 Å². The molecular formula is C23H25FN2O2S. The first-order valence-corrected chi connectivity index (χ1v) is 11.1. The van der Waals surface area contributed by atoms with E-state index >= 15 is 0 Å². The fourth-order valence-electron chi connectivity index (χ4n) is 4.00. The van der Waals surface area contributed by atoms with Crippen LogP contribution >= 0.6 is 11.8 Å². The standard InChI is InChI=1S/C23H25FN2O2S/c24-18-6-4-17(5-7-18)15-26-11-8-16(9-12-26)14-25-23(28)20-3-1-2-19-21(27)10-13-29-22(19)20/h1-7,16H,8-15H2,(H,25,28). The number of carbonyl (C=O) groups excluding carboxylic acids is 2. The van der Waals surface area contributed by atoms with Gasteiger partial charge in [-0.15, -0.1) is 11.8 Å². The van der Waals surface area contributed by atoms with E-state index in [9.17, 15) is 14.0 Å². The molecule has 1 fully saturated rings. The van der Waals surface area contributed by atoms with Crippen molar-refractivity contribution in [2.75, 3.05) is 25.4 Å². The number of piperidine rings is 1. The van der Waals surface area contributed by atoms with Gasteiger partial charge in [-0.3, -0.25) is 14.5 Å². The van der Waals surface area contributed by atoms with E-state index in [-0.39, 0.29) is 17.5 Å². The molecule has 0 aromatic heterocycles. The Hall–Kier alpha value is -2.18. The molecule has 152 valence electrons. The Morgan fingerprint density at radius 3 is 2.66 bits per heavy atom. The molecule has 2 aliphatic rings. The molecule has 2 aliphatic heterocycles. The van der Waals surface area contributed by atoms with Gasteiger partial charge < -0.3 is 5.32 Å². The predicted molar refractivity (Wildman–Crippen MR) is 113 cm³/mol. The second-order valence-electron chi connectivity index (χ2n) is 7.76. The summed E-state index contributed by atoms with van der Waals surface area (Å²) >= 11 is 1.60. The van der Waals surface area contributed by atoms with E-state index in [0.29, 0.717) is 30.0 Å². The van der Waals surface area contributed by atoms with Crippen LogP contribution in [0.3, 0.4) is 0 Å². The molecule has 4 rings (SSSR count). The highest BCUT2D eigenvalue weighted by Gasteiger charge is 2.24. The Labute approximate surface area is 174 Å². The number of halogens is 1. The number of fused-ring (bicyclic) bond motifs is 1. The molecular weight excluding hydrogens is 387 g/mol. The van der Waals surface area contributed by atoms with Crippen molar-refractivity contribution in [1.82, 2.24) is 10.2 Å². The minimum Gasteiger partial charge on any atom is -0.352 e. The molecule has 1 saturated heterocycles. The van der Waals surface area contributed by atoms with Gasteiger partial charge in [-0.1, -0.05) is 24.3 Å². The maximum atomic E-state index is 13.0. The average Bonchev–Trinajstić information content (AvgIpc) is 2.75. The maximum absolute atomic E-state index is 13.0. The Kier molecular flexibility index (Phi) is 6.31. The number of hydrogen-bond donors (Lipinski definition) is 1. The first kappa shape index (κ1) is 20.1. The number of carbonyl (C=O) groups is 2. The summed E-state index contributed by atoms with van der Waals surface area (Å²) in [5.74, 6) is 1.03. The predicted octanol–water partition coefficient (Wildman–Crippen LogP) is 4.15. The first-order chi connectivity index (χ1) is 14.1. The smallest absolute Gasteiger partial charge is 0.252 e. The lowest BCUT2D eigenvalue weighted by Crippen LogP contribution is -2.38. The zero-order valence-corrected chi connectivity index (χ0v) is 17.1. The summed E-state index contributed by atoms with van der Waals surface area (Å²) in [7, 11) is 0. The van der Waals surface area contributed by atoms with Gasteiger partial charge in [-0.25, -0.2) is 4.39 Å². The third kappa shape index (κ3) is 4.87. The van der Waals surface area contributed by atoms with Crippen LogP contribution in [0.2, 0.25) is 0 Å². The number of hydrogen-bond acceptors (Lipinski definition) is 4. The van der Waals surface area contributed by atoms with Crippen LogP contribution in [0.4, 0.5) is 4.39 Å². The molecule has 0 spiro atoms. The van der Waals surface area contributed by atoms with E-state index < -0.39 is 0 Å². The van der Waals surface area contributed by atoms with Crippen molar-refractivity contribution in [3.63, 3.8) is 0 Å². The summed E-state index contributed by atoms with van der Waals surface area (Å²) in [6, 6.07) is 12.1. The van der Waals surface area contributed by atoms with E-state index in [2.05, 4.69) is 10.2 Å². The average molecular weight is 413 g/mol. The van der Waals surface area contributed by atoms with Crippen molar-refractivity contribution in [2.24, 2.45) is 5.92 Å². The molecule has 0 saturated carbocycles. The number of Topliss-reactive ketones (excluding diaryl/α,β-unsaturated/α-hetero) is 1. The van der Waals surface area contributed by atoms with Gasteiger partial charge in [0.25, 0.3) is 5.91 Å². The fourth-order valence-corrected chi connectivity index (χ4v) is 5.15. The Balaban J connectivity index is 1.27. The fraction of sp³-hybridized carbons (Fsp3) is 0.391. The van der Waals surface area contributed by atoms with Gasteiger partial charge in [0.2, 0.25) is 0 Å². The first-order valence-electron chi connectivity index (χ1n) is 10.1. The van der Waals surface area contributed by atoms with Crippen LogP contribution in [-0.4, -0.2) is 42.0 Å². The normalized spacial score (nSPS) is 17.8. The summed E-state index contributed by atoms with van der Waals surface area (Å²) in [6.45, 7) is 3.44. The third-order valence-corrected chi connectivity index (χ3v) is 6.85. The number of amides is 1. The van der Waals surface area contributed by atoms with Crippen LogP contribution in [0.5, 0.6) is 0 Å². The zero-order valence-electron chi connectivity index (χ0n) is 16.3. The van der Waals surface area contributed by atoms with Crippen molar-refractivity contribution < 1.29 is 14.0 Å². The third-order valence-electron chi connectivity index (χ3n) is 5.71. The van der Waals surface area contributed by atoms with Crippen molar-refractivity contribution >= 4 is 23.5 Å². The Morgan fingerprint density at radius 2 is 1.90 bits per heavy atom. The monoisotopic (exact) mass is 412 g/mol. The number of likely N-dealkylation sites (tertiary alicyclic amines) is 1. The van der Waals surface area contributed by atoms with Crippen LogP contribution < -0.4 is 5.32 Å². The van der Waals surface area contributed by atoms with Crippen LogP contribution in [0, 0.1) is 11.7 Å².